The van der Waals surface area contributed by atoms with Crippen LogP contribution in [0.15, 0.2) is 39.6 Å². The average Bonchev–Trinajstić information content (AvgIpc) is 3.00. The van der Waals surface area contributed by atoms with Gasteiger partial charge in [0.1, 0.15) is 11.3 Å². The van der Waals surface area contributed by atoms with E-state index in [0.29, 0.717) is 34.3 Å². The van der Waals surface area contributed by atoms with Crippen LogP contribution in [0.25, 0.3) is 11.0 Å². The number of benzene rings is 2. The minimum atomic E-state index is -4.17. The Balaban J connectivity index is 2.28. The second kappa shape index (κ2) is 8.30. The zero-order valence-electron chi connectivity index (χ0n) is 18.7. The van der Waals surface area contributed by atoms with Crippen molar-refractivity contribution in [1.82, 2.24) is 0 Å². The van der Waals surface area contributed by atoms with Crippen LogP contribution in [0.1, 0.15) is 59.5 Å². The molecule has 0 bridgehead atoms. The molecule has 164 valence electrons. The molecule has 3 rings (SSSR count). The number of carbonyl (C=O) groups is 2. The normalized spacial score (nSPS) is 11.7. The number of rotatable bonds is 6. The minimum absolute atomic E-state index is 0.0745. The lowest BCUT2D eigenvalue weighted by atomic mass is 10.1. The first-order valence-electron chi connectivity index (χ1n) is 10.2. The average molecular weight is 442 g/mol. The van der Waals surface area contributed by atoms with Gasteiger partial charge in [-0.25, -0.2) is 12.7 Å². The summed E-state index contributed by atoms with van der Waals surface area (Å²) in [4.78, 5) is 25.3. The summed E-state index contributed by atoms with van der Waals surface area (Å²) in [5.74, 6) is -0.254. The maximum absolute atomic E-state index is 13.7. The molecule has 2 aromatic carbocycles. The summed E-state index contributed by atoms with van der Waals surface area (Å²) in [7, 11) is -4.17. The minimum Gasteiger partial charge on any atom is -0.461 e. The number of sulfonamides is 1. The monoisotopic (exact) mass is 441 g/mol. The van der Waals surface area contributed by atoms with Crippen LogP contribution in [0, 0.1) is 27.7 Å². The van der Waals surface area contributed by atoms with E-state index in [-0.39, 0.29) is 22.8 Å². The molecule has 31 heavy (non-hydrogen) atoms. The second-order valence-corrected chi connectivity index (χ2v) is 9.64. The van der Waals surface area contributed by atoms with Crippen molar-refractivity contribution in [2.24, 2.45) is 0 Å². The number of carbonyl (C=O) groups excluding carboxylic acids is 2. The SMILES string of the molecule is CCCC(=O)N(c1ccc2oc(C)c(C(C)=O)c2c1)S(=O)(=O)c1cc(C)c(C)cc1C. The van der Waals surface area contributed by atoms with Gasteiger partial charge in [0.15, 0.2) is 5.78 Å². The zero-order chi connectivity index (χ0) is 23.1. The van der Waals surface area contributed by atoms with E-state index in [0.717, 1.165) is 15.4 Å². The lowest BCUT2D eigenvalue weighted by molar-refractivity contribution is -0.117. The molecule has 1 aromatic heterocycles. The van der Waals surface area contributed by atoms with E-state index in [4.69, 9.17) is 4.42 Å². The summed E-state index contributed by atoms with van der Waals surface area (Å²) < 4.78 is 33.9. The van der Waals surface area contributed by atoms with Crippen LogP contribution >= 0.6 is 0 Å². The molecule has 0 radical (unpaired) electrons. The van der Waals surface area contributed by atoms with Crippen molar-refractivity contribution in [3.8, 4) is 0 Å². The number of hydrogen-bond acceptors (Lipinski definition) is 5. The highest BCUT2D eigenvalue weighted by Crippen LogP contribution is 2.34. The first-order valence-corrected chi connectivity index (χ1v) is 11.6. The van der Waals surface area contributed by atoms with Gasteiger partial charge in [-0.05, 0) is 82.0 Å². The first-order chi connectivity index (χ1) is 14.5. The third-order valence-corrected chi connectivity index (χ3v) is 7.32. The van der Waals surface area contributed by atoms with Gasteiger partial charge >= 0.3 is 0 Å². The van der Waals surface area contributed by atoms with Crippen molar-refractivity contribution in [2.45, 2.75) is 59.3 Å². The third kappa shape index (κ3) is 4.02. The van der Waals surface area contributed by atoms with Crippen LogP contribution in [0.4, 0.5) is 5.69 Å². The summed E-state index contributed by atoms with van der Waals surface area (Å²) in [6.45, 7) is 10.4. The maximum Gasteiger partial charge on any atom is 0.271 e. The molecule has 0 saturated heterocycles. The number of Topliss-reactive ketones (excluding diaryl/α,β-unsaturated/α-hetero) is 1. The Morgan fingerprint density at radius 1 is 0.968 bits per heavy atom. The van der Waals surface area contributed by atoms with Gasteiger partial charge in [0, 0.05) is 11.8 Å². The van der Waals surface area contributed by atoms with Gasteiger partial charge in [-0.3, -0.25) is 9.59 Å². The van der Waals surface area contributed by atoms with Crippen LogP contribution < -0.4 is 4.31 Å². The highest BCUT2D eigenvalue weighted by molar-refractivity contribution is 7.93. The van der Waals surface area contributed by atoms with Crippen molar-refractivity contribution in [2.75, 3.05) is 4.31 Å². The maximum atomic E-state index is 13.7. The molecule has 0 N–H and O–H groups in total. The first kappa shape index (κ1) is 22.7. The molecule has 0 fully saturated rings. The number of fused-ring (bicyclic) bond motifs is 1. The van der Waals surface area contributed by atoms with Crippen LogP contribution in [0.3, 0.4) is 0 Å². The molecule has 7 heteroatoms. The Morgan fingerprint density at radius 3 is 2.23 bits per heavy atom. The van der Waals surface area contributed by atoms with Gasteiger partial charge in [-0.2, -0.15) is 0 Å². The van der Waals surface area contributed by atoms with E-state index < -0.39 is 15.9 Å². The fraction of sp³-hybridized carbons (Fsp3) is 0.333. The standard InChI is InChI=1S/C24H27NO5S/c1-7-8-23(27)25(31(28,29)22-12-15(3)14(2)11-16(22)4)19-9-10-21-20(13-19)24(17(5)26)18(6)30-21/h9-13H,7-8H2,1-6H3. The van der Waals surface area contributed by atoms with E-state index >= 15 is 0 Å². The second-order valence-electron chi connectivity index (χ2n) is 7.89. The van der Waals surface area contributed by atoms with Crippen molar-refractivity contribution in [3.63, 3.8) is 0 Å². The number of hydrogen-bond donors (Lipinski definition) is 0. The molecule has 1 amide bonds. The molecule has 0 aliphatic carbocycles. The molecule has 0 unspecified atom stereocenters. The van der Waals surface area contributed by atoms with E-state index in [9.17, 15) is 18.0 Å². The molecule has 0 aliphatic rings. The third-order valence-electron chi connectivity index (χ3n) is 5.43. The molecular weight excluding hydrogens is 414 g/mol. The van der Waals surface area contributed by atoms with E-state index in [2.05, 4.69) is 0 Å². The number of aryl methyl sites for hydroxylation is 4. The summed E-state index contributed by atoms with van der Waals surface area (Å²) in [6, 6.07) is 8.09. The number of ketones is 1. The van der Waals surface area contributed by atoms with Crippen LogP contribution in [-0.2, 0) is 14.8 Å². The molecular formula is C24H27NO5S. The highest BCUT2D eigenvalue weighted by Gasteiger charge is 2.32. The van der Waals surface area contributed by atoms with Gasteiger partial charge in [0.25, 0.3) is 10.0 Å². The Labute approximate surface area is 182 Å². The van der Waals surface area contributed by atoms with Gasteiger partial charge < -0.3 is 4.42 Å². The van der Waals surface area contributed by atoms with Crippen LogP contribution in [0.2, 0.25) is 0 Å². The highest BCUT2D eigenvalue weighted by atomic mass is 32.2. The molecule has 1 heterocycles. The summed E-state index contributed by atoms with van der Waals surface area (Å²) in [6.07, 6.45) is 0.577. The smallest absolute Gasteiger partial charge is 0.271 e. The van der Waals surface area contributed by atoms with E-state index in [1.54, 1.807) is 38.1 Å². The largest absolute Gasteiger partial charge is 0.461 e. The van der Waals surface area contributed by atoms with Crippen LogP contribution in [-0.4, -0.2) is 20.1 Å². The molecule has 6 nitrogen and oxygen atoms in total. The Kier molecular flexibility index (Phi) is 6.09. The Bertz CT molecular complexity index is 1300. The van der Waals surface area contributed by atoms with Crippen molar-refractivity contribution >= 4 is 38.4 Å². The van der Waals surface area contributed by atoms with Gasteiger partial charge in [0.05, 0.1) is 16.1 Å². The Morgan fingerprint density at radius 2 is 1.61 bits per heavy atom. The lowest BCUT2D eigenvalue weighted by Crippen LogP contribution is -2.37. The quantitative estimate of drug-likeness (QED) is 0.479. The van der Waals surface area contributed by atoms with Gasteiger partial charge in [-0.1, -0.05) is 13.0 Å². The summed E-state index contributed by atoms with van der Waals surface area (Å²) in [5.41, 5.74) is 3.42. The molecule has 3 aromatic rings. The zero-order valence-corrected chi connectivity index (χ0v) is 19.5. The predicted molar refractivity (Wildman–Crippen MR) is 121 cm³/mol. The molecule has 0 atom stereocenters. The number of furan rings is 1. The van der Waals surface area contributed by atoms with Crippen LogP contribution in [0.5, 0.6) is 0 Å². The van der Waals surface area contributed by atoms with Crippen molar-refractivity contribution in [3.05, 3.63) is 58.3 Å². The molecule has 0 spiro atoms. The number of amides is 1. The fourth-order valence-electron chi connectivity index (χ4n) is 3.81. The Hall–Kier alpha value is -2.93. The topological polar surface area (TPSA) is 84.7 Å². The lowest BCUT2D eigenvalue weighted by Gasteiger charge is -2.24. The van der Waals surface area contributed by atoms with E-state index in [1.165, 1.54) is 13.0 Å². The fourth-order valence-corrected chi connectivity index (χ4v) is 5.55. The van der Waals surface area contributed by atoms with Crippen molar-refractivity contribution in [1.29, 1.82) is 0 Å². The number of anilines is 1. The summed E-state index contributed by atoms with van der Waals surface area (Å²) in [5, 5.41) is 0.490. The summed E-state index contributed by atoms with van der Waals surface area (Å²) >= 11 is 0. The van der Waals surface area contributed by atoms with Crippen molar-refractivity contribution < 1.29 is 22.4 Å². The molecule has 0 saturated carbocycles. The number of nitrogens with zero attached hydrogens (tertiary/aromatic N) is 1. The molecule has 0 aliphatic heterocycles. The van der Waals surface area contributed by atoms with Gasteiger partial charge in [-0.15, -0.1) is 0 Å². The predicted octanol–water partition coefficient (Wildman–Crippen LogP) is 5.39. The van der Waals surface area contributed by atoms with Gasteiger partial charge in [0.2, 0.25) is 5.91 Å². The van der Waals surface area contributed by atoms with E-state index in [1.807, 2.05) is 20.8 Å².